The van der Waals surface area contributed by atoms with Gasteiger partial charge in [0.2, 0.25) is 0 Å². The second-order valence-electron chi connectivity index (χ2n) is 5.93. The van der Waals surface area contributed by atoms with Crippen molar-refractivity contribution in [2.24, 2.45) is 0 Å². The Bertz CT molecular complexity index is 993. The summed E-state index contributed by atoms with van der Waals surface area (Å²) in [5.41, 5.74) is 2.43. The van der Waals surface area contributed by atoms with Gasteiger partial charge in [-0.15, -0.1) is 0 Å². The van der Waals surface area contributed by atoms with Crippen LogP contribution in [-0.2, 0) is 4.79 Å². The Balaban J connectivity index is 1.91. The van der Waals surface area contributed by atoms with E-state index in [0.717, 1.165) is 11.1 Å². The minimum atomic E-state index is -1.31. The molecule has 3 aromatic rings. The van der Waals surface area contributed by atoms with E-state index >= 15 is 0 Å². The number of phenolic OH excluding ortho intramolecular Hbond substituents is 1. The van der Waals surface area contributed by atoms with Crippen molar-refractivity contribution in [3.8, 4) is 11.5 Å². The molecule has 0 spiro atoms. The lowest BCUT2D eigenvalue weighted by molar-refractivity contribution is -0.139. The fourth-order valence-corrected chi connectivity index (χ4v) is 2.81. The topological polar surface area (TPSA) is 112 Å². The number of methoxy groups -OCH3 is 1. The number of aromatic hydroxyl groups is 1. The maximum absolute atomic E-state index is 12.6. The minimum Gasteiger partial charge on any atom is -0.504 e. The number of fused-ring (bicyclic) bond motifs is 1. The van der Waals surface area contributed by atoms with Crippen molar-refractivity contribution >= 4 is 22.8 Å². The van der Waals surface area contributed by atoms with Crippen LogP contribution < -0.4 is 10.1 Å². The third-order valence-electron chi connectivity index (χ3n) is 4.14. The predicted molar refractivity (Wildman–Crippen MR) is 95.5 cm³/mol. The number of carboxylic acids is 1. The normalized spacial score (nSPS) is 11.9. The van der Waals surface area contributed by atoms with Crippen molar-refractivity contribution in [2.45, 2.75) is 13.0 Å². The van der Waals surface area contributed by atoms with E-state index in [2.05, 4.69) is 10.3 Å². The molecule has 0 aliphatic heterocycles. The molecule has 26 heavy (non-hydrogen) atoms. The first kappa shape index (κ1) is 17.3. The van der Waals surface area contributed by atoms with Gasteiger partial charge in [0.25, 0.3) is 5.91 Å². The number of H-pyrrole nitrogens is 1. The second-order valence-corrected chi connectivity index (χ2v) is 5.93. The second kappa shape index (κ2) is 6.79. The number of aromatic amines is 1. The molecule has 134 valence electrons. The number of carbonyl (C=O) groups is 2. The van der Waals surface area contributed by atoms with Crippen LogP contribution in [0.25, 0.3) is 10.9 Å². The van der Waals surface area contributed by atoms with Crippen LogP contribution in [0, 0.1) is 6.92 Å². The van der Waals surface area contributed by atoms with Crippen molar-refractivity contribution in [3.05, 3.63) is 59.3 Å². The van der Waals surface area contributed by atoms with E-state index in [9.17, 15) is 19.8 Å². The lowest BCUT2D eigenvalue weighted by Gasteiger charge is -2.16. The molecule has 1 unspecified atom stereocenters. The number of benzene rings is 2. The molecule has 0 saturated heterocycles. The maximum atomic E-state index is 12.6. The number of phenols is 1. The largest absolute Gasteiger partial charge is 0.504 e. The molecule has 1 atom stereocenters. The number of nitrogens with one attached hydrogen (secondary N) is 2. The molecule has 1 heterocycles. The van der Waals surface area contributed by atoms with Gasteiger partial charge in [-0.1, -0.05) is 18.2 Å². The zero-order valence-corrected chi connectivity index (χ0v) is 14.2. The Hall–Kier alpha value is -3.48. The Morgan fingerprint density at radius 2 is 1.96 bits per heavy atom. The molecular weight excluding hydrogens is 336 g/mol. The molecular formula is C19H18N2O5. The SMILES string of the molecule is COc1ccc(C(NC(=O)c2c[nH]c3cc(C)ccc23)C(=O)O)cc1O. The molecule has 0 aliphatic rings. The van der Waals surface area contributed by atoms with Gasteiger partial charge in [-0.25, -0.2) is 4.79 Å². The Morgan fingerprint density at radius 3 is 2.62 bits per heavy atom. The predicted octanol–water partition coefficient (Wildman–Crippen LogP) is 2.75. The van der Waals surface area contributed by atoms with E-state index < -0.39 is 17.9 Å². The highest BCUT2D eigenvalue weighted by Gasteiger charge is 2.25. The molecule has 4 N–H and O–H groups in total. The zero-order chi connectivity index (χ0) is 18.8. The van der Waals surface area contributed by atoms with Crippen LogP contribution >= 0.6 is 0 Å². The van der Waals surface area contributed by atoms with E-state index in [4.69, 9.17) is 4.74 Å². The van der Waals surface area contributed by atoms with E-state index in [0.29, 0.717) is 10.9 Å². The smallest absolute Gasteiger partial charge is 0.330 e. The van der Waals surface area contributed by atoms with Crippen molar-refractivity contribution in [2.75, 3.05) is 7.11 Å². The summed E-state index contributed by atoms with van der Waals surface area (Å²) < 4.78 is 4.95. The summed E-state index contributed by atoms with van der Waals surface area (Å²) in [5.74, 6) is -1.74. The number of rotatable bonds is 5. The standard InChI is InChI=1S/C19H18N2O5/c1-10-3-5-12-13(9-20-14(12)7-10)18(23)21-17(19(24)25)11-4-6-16(26-2)15(22)8-11/h3-9,17,20,22H,1-2H3,(H,21,23)(H,24,25). The molecule has 1 aromatic heterocycles. The molecule has 0 aliphatic carbocycles. The summed E-state index contributed by atoms with van der Waals surface area (Å²) in [6.45, 7) is 1.94. The molecule has 1 amide bonds. The molecule has 2 aromatic carbocycles. The number of amides is 1. The van der Waals surface area contributed by atoms with Gasteiger partial charge in [-0.3, -0.25) is 4.79 Å². The lowest BCUT2D eigenvalue weighted by Crippen LogP contribution is -2.33. The van der Waals surface area contributed by atoms with E-state index in [1.807, 2.05) is 25.1 Å². The zero-order valence-electron chi connectivity index (χ0n) is 14.2. The highest BCUT2D eigenvalue weighted by atomic mass is 16.5. The number of carbonyl (C=O) groups excluding carboxylic acids is 1. The summed E-state index contributed by atoms with van der Waals surface area (Å²) in [6.07, 6.45) is 1.55. The number of aliphatic carboxylic acids is 1. The molecule has 7 heteroatoms. The Labute approximate surface area is 149 Å². The van der Waals surface area contributed by atoms with E-state index in [-0.39, 0.29) is 17.1 Å². The molecule has 0 radical (unpaired) electrons. The van der Waals surface area contributed by atoms with Gasteiger partial charge in [-0.05, 0) is 36.2 Å². The molecule has 0 saturated carbocycles. The minimum absolute atomic E-state index is 0.201. The summed E-state index contributed by atoms with van der Waals surface area (Å²) in [7, 11) is 1.39. The first-order chi connectivity index (χ1) is 12.4. The molecule has 0 bridgehead atoms. The van der Waals surface area contributed by atoms with Gasteiger partial charge in [0, 0.05) is 17.1 Å². The summed E-state index contributed by atoms with van der Waals surface area (Å²) in [6, 6.07) is 8.47. The Morgan fingerprint density at radius 1 is 1.19 bits per heavy atom. The van der Waals surface area contributed by atoms with Gasteiger partial charge in [0.05, 0.1) is 12.7 Å². The number of ether oxygens (including phenoxy) is 1. The Kier molecular flexibility index (Phi) is 4.53. The van der Waals surface area contributed by atoms with Crippen LogP contribution in [0.2, 0.25) is 0 Å². The number of aromatic nitrogens is 1. The van der Waals surface area contributed by atoms with Crippen LogP contribution in [0.1, 0.15) is 27.5 Å². The van der Waals surface area contributed by atoms with E-state index in [1.165, 1.54) is 25.3 Å². The number of carboxylic acid groups (broad SMARTS) is 1. The third kappa shape index (κ3) is 3.19. The highest BCUT2D eigenvalue weighted by molar-refractivity contribution is 6.07. The monoisotopic (exact) mass is 354 g/mol. The summed E-state index contributed by atoms with van der Waals surface area (Å²) in [4.78, 5) is 27.3. The fraction of sp³-hybridized carbons (Fsp3) is 0.158. The van der Waals surface area contributed by atoms with E-state index in [1.54, 1.807) is 6.20 Å². The molecule has 0 fully saturated rings. The third-order valence-corrected chi connectivity index (χ3v) is 4.14. The van der Waals surface area contributed by atoms with Crippen LogP contribution in [-0.4, -0.2) is 34.2 Å². The van der Waals surface area contributed by atoms with Gasteiger partial charge in [-0.2, -0.15) is 0 Å². The summed E-state index contributed by atoms with van der Waals surface area (Å²) in [5, 5.41) is 22.6. The quantitative estimate of drug-likeness (QED) is 0.563. The van der Waals surface area contributed by atoms with Crippen molar-refractivity contribution < 1.29 is 24.5 Å². The highest BCUT2D eigenvalue weighted by Crippen LogP contribution is 2.29. The molecule has 7 nitrogen and oxygen atoms in total. The maximum Gasteiger partial charge on any atom is 0.330 e. The molecule has 3 rings (SSSR count). The van der Waals surface area contributed by atoms with Gasteiger partial charge >= 0.3 is 5.97 Å². The van der Waals surface area contributed by atoms with Crippen molar-refractivity contribution in [1.29, 1.82) is 0 Å². The number of hydrogen-bond donors (Lipinski definition) is 4. The number of hydrogen-bond acceptors (Lipinski definition) is 4. The van der Waals surface area contributed by atoms with Crippen molar-refractivity contribution in [3.63, 3.8) is 0 Å². The fourth-order valence-electron chi connectivity index (χ4n) is 2.81. The van der Waals surface area contributed by atoms with Crippen LogP contribution in [0.4, 0.5) is 0 Å². The first-order valence-electron chi connectivity index (χ1n) is 7.89. The van der Waals surface area contributed by atoms with Gasteiger partial charge in [0.1, 0.15) is 0 Å². The van der Waals surface area contributed by atoms with Crippen molar-refractivity contribution in [1.82, 2.24) is 10.3 Å². The summed E-state index contributed by atoms with van der Waals surface area (Å²) >= 11 is 0. The number of aryl methyl sites for hydroxylation is 1. The average molecular weight is 354 g/mol. The lowest BCUT2D eigenvalue weighted by atomic mass is 10.0. The average Bonchev–Trinajstić information content (AvgIpc) is 3.02. The van der Waals surface area contributed by atoms with Crippen LogP contribution in [0.15, 0.2) is 42.6 Å². The van der Waals surface area contributed by atoms with Crippen LogP contribution in [0.3, 0.4) is 0 Å². The van der Waals surface area contributed by atoms with Crippen LogP contribution in [0.5, 0.6) is 11.5 Å². The van der Waals surface area contributed by atoms with Gasteiger partial charge < -0.3 is 25.3 Å². The van der Waals surface area contributed by atoms with Gasteiger partial charge in [0.15, 0.2) is 17.5 Å². The first-order valence-corrected chi connectivity index (χ1v) is 7.89.